The third kappa shape index (κ3) is 6.58. The van der Waals surface area contributed by atoms with Crippen LogP contribution in [0.4, 0.5) is 0 Å². The van der Waals surface area contributed by atoms with Crippen molar-refractivity contribution in [3.8, 4) is 0 Å². The van der Waals surface area contributed by atoms with E-state index in [1.165, 1.54) is 25.6 Å². The molecule has 0 aliphatic carbocycles. The molecule has 0 aliphatic heterocycles. The largest absolute Gasteiger partial charge is 0.481 e. The average Bonchev–Trinajstić information content (AvgIpc) is 2.14. The zero-order chi connectivity index (χ0) is 12.7. The van der Waals surface area contributed by atoms with Gasteiger partial charge in [0.15, 0.2) is 0 Å². The molecule has 0 aromatic carbocycles. The van der Waals surface area contributed by atoms with Gasteiger partial charge in [0.25, 0.3) is 0 Å². The van der Waals surface area contributed by atoms with E-state index in [9.17, 15) is 14.4 Å². The minimum Gasteiger partial charge on any atom is -0.481 e. The molecule has 16 heavy (non-hydrogen) atoms. The molecule has 2 unspecified atom stereocenters. The maximum absolute atomic E-state index is 11.1. The number of hydrogen-bond acceptors (Lipinski definition) is 5. The van der Waals surface area contributed by atoms with E-state index in [1.807, 2.05) is 0 Å². The normalized spacial score (nSPS) is 14.2. The fourth-order valence-electron chi connectivity index (χ4n) is 0.985. The Bertz CT molecular complexity index is 280. The Morgan fingerprint density at radius 3 is 2.12 bits per heavy atom. The Morgan fingerprint density at radius 1 is 1.19 bits per heavy atom. The van der Waals surface area contributed by atoms with Gasteiger partial charge in [0.05, 0.1) is 12.5 Å². The molecule has 5 nitrogen and oxygen atoms in total. The van der Waals surface area contributed by atoms with Crippen LogP contribution in [-0.4, -0.2) is 40.2 Å². The van der Waals surface area contributed by atoms with Gasteiger partial charge in [-0.15, -0.1) is 0 Å². The van der Waals surface area contributed by atoms with Crippen LogP contribution in [0.25, 0.3) is 0 Å². The summed E-state index contributed by atoms with van der Waals surface area (Å²) in [7, 11) is 0. The van der Waals surface area contributed by atoms with Crippen molar-refractivity contribution >= 4 is 29.3 Å². The standard InChI is InChI=1S/C10H17NO4S/c1-6(12)8(3-10(14)15)4-16-5-9(11)7(2)13/h8-9H,3-5,11H2,1-2H3,(H,14,15). The highest BCUT2D eigenvalue weighted by atomic mass is 32.2. The third-order valence-electron chi connectivity index (χ3n) is 2.13. The highest BCUT2D eigenvalue weighted by molar-refractivity contribution is 7.99. The highest BCUT2D eigenvalue weighted by Gasteiger charge is 2.19. The fourth-order valence-corrected chi connectivity index (χ4v) is 2.25. The van der Waals surface area contributed by atoms with Gasteiger partial charge in [-0.2, -0.15) is 11.8 Å². The molecule has 0 amide bonds. The van der Waals surface area contributed by atoms with E-state index in [-0.39, 0.29) is 18.0 Å². The molecule has 0 bridgehead atoms. The van der Waals surface area contributed by atoms with Crippen molar-refractivity contribution in [2.75, 3.05) is 11.5 Å². The van der Waals surface area contributed by atoms with Crippen molar-refractivity contribution in [1.29, 1.82) is 0 Å². The number of nitrogens with two attached hydrogens (primary N) is 1. The summed E-state index contributed by atoms with van der Waals surface area (Å²) in [6, 6.07) is -0.539. The minimum absolute atomic E-state index is 0.106. The van der Waals surface area contributed by atoms with E-state index in [0.717, 1.165) is 0 Å². The lowest BCUT2D eigenvalue weighted by Crippen LogP contribution is -2.31. The second-order valence-corrected chi connectivity index (χ2v) is 4.73. The van der Waals surface area contributed by atoms with E-state index < -0.39 is 17.9 Å². The predicted octanol–water partition coefficient (Wildman–Crippen LogP) is 0.316. The van der Waals surface area contributed by atoms with Crippen LogP contribution in [-0.2, 0) is 14.4 Å². The first-order valence-corrected chi connectivity index (χ1v) is 6.06. The second-order valence-electron chi connectivity index (χ2n) is 3.66. The molecule has 0 aromatic heterocycles. The Hall–Kier alpha value is -0.880. The van der Waals surface area contributed by atoms with Gasteiger partial charge in [-0.05, 0) is 13.8 Å². The van der Waals surface area contributed by atoms with Crippen LogP contribution < -0.4 is 5.73 Å². The van der Waals surface area contributed by atoms with Crippen molar-refractivity contribution in [3.05, 3.63) is 0 Å². The van der Waals surface area contributed by atoms with Crippen molar-refractivity contribution < 1.29 is 19.5 Å². The van der Waals surface area contributed by atoms with Crippen LogP contribution in [0, 0.1) is 5.92 Å². The number of aliphatic carboxylic acids is 1. The quantitative estimate of drug-likeness (QED) is 0.641. The van der Waals surface area contributed by atoms with Gasteiger partial charge in [-0.3, -0.25) is 14.4 Å². The molecule has 3 N–H and O–H groups in total. The van der Waals surface area contributed by atoms with Crippen LogP contribution in [0.2, 0.25) is 0 Å². The Labute approximate surface area is 98.8 Å². The highest BCUT2D eigenvalue weighted by Crippen LogP contribution is 2.14. The van der Waals surface area contributed by atoms with Crippen molar-refractivity contribution in [3.63, 3.8) is 0 Å². The summed E-state index contributed by atoms with van der Waals surface area (Å²) in [6.45, 7) is 2.78. The Kier molecular flexibility index (Phi) is 7.00. The smallest absolute Gasteiger partial charge is 0.304 e. The van der Waals surface area contributed by atoms with E-state index in [4.69, 9.17) is 10.8 Å². The second kappa shape index (κ2) is 7.40. The molecule has 0 saturated carbocycles. The molecule has 0 radical (unpaired) electrons. The van der Waals surface area contributed by atoms with E-state index >= 15 is 0 Å². The first kappa shape index (κ1) is 15.1. The summed E-state index contributed by atoms with van der Waals surface area (Å²) in [5.74, 6) is -0.934. The number of carbonyl (C=O) groups is 3. The van der Waals surface area contributed by atoms with Crippen LogP contribution >= 0.6 is 11.8 Å². The van der Waals surface area contributed by atoms with Crippen LogP contribution in [0.3, 0.4) is 0 Å². The van der Waals surface area contributed by atoms with Crippen molar-refractivity contribution in [2.24, 2.45) is 11.7 Å². The summed E-state index contributed by atoms with van der Waals surface area (Å²) in [5, 5.41) is 8.59. The minimum atomic E-state index is -0.989. The number of ketones is 2. The summed E-state index contributed by atoms with van der Waals surface area (Å²) in [4.78, 5) is 32.4. The number of rotatable bonds is 8. The topological polar surface area (TPSA) is 97.5 Å². The maximum Gasteiger partial charge on any atom is 0.304 e. The van der Waals surface area contributed by atoms with Gasteiger partial charge in [-0.25, -0.2) is 0 Å². The molecule has 0 aliphatic rings. The summed E-state index contributed by atoms with van der Waals surface area (Å²) < 4.78 is 0. The molecule has 0 heterocycles. The number of thioether (sulfide) groups is 1. The predicted molar refractivity (Wildman–Crippen MR) is 62.4 cm³/mol. The summed E-state index contributed by atoms with van der Waals surface area (Å²) in [6.07, 6.45) is -0.169. The lowest BCUT2D eigenvalue weighted by molar-refractivity contribution is -0.140. The van der Waals surface area contributed by atoms with Gasteiger partial charge < -0.3 is 10.8 Å². The van der Waals surface area contributed by atoms with Gasteiger partial charge in [0.2, 0.25) is 0 Å². The van der Waals surface area contributed by atoms with Crippen LogP contribution in [0.5, 0.6) is 0 Å². The molecule has 0 saturated heterocycles. The van der Waals surface area contributed by atoms with Crippen molar-refractivity contribution in [2.45, 2.75) is 26.3 Å². The van der Waals surface area contributed by atoms with Gasteiger partial charge in [0, 0.05) is 17.4 Å². The zero-order valence-corrected chi connectivity index (χ0v) is 10.3. The molecule has 0 spiro atoms. The number of hydrogen-bond donors (Lipinski definition) is 2. The lowest BCUT2D eigenvalue weighted by Gasteiger charge is -2.12. The van der Waals surface area contributed by atoms with Crippen LogP contribution in [0.15, 0.2) is 0 Å². The Morgan fingerprint density at radius 2 is 1.75 bits per heavy atom. The fraction of sp³-hybridized carbons (Fsp3) is 0.700. The molecular formula is C10H17NO4S. The SMILES string of the molecule is CC(=O)C(N)CSCC(CC(=O)O)C(C)=O. The first-order valence-electron chi connectivity index (χ1n) is 4.90. The summed E-state index contributed by atoms with van der Waals surface area (Å²) in [5.41, 5.74) is 5.51. The molecule has 0 fully saturated rings. The molecule has 6 heteroatoms. The number of carbonyl (C=O) groups excluding carboxylic acids is 2. The van der Waals surface area contributed by atoms with Gasteiger partial charge in [-0.1, -0.05) is 0 Å². The molecule has 0 aromatic rings. The average molecular weight is 247 g/mol. The van der Waals surface area contributed by atoms with Crippen LogP contribution in [0.1, 0.15) is 20.3 Å². The number of carboxylic acids is 1. The maximum atomic E-state index is 11.1. The number of carboxylic acid groups (broad SMARTS) is 1. The molecular weight excluding hydrogens is 230 g/mol. The first-order chi connectivity index (χ1) is 7.34. The molecule has 0 rings (SSSR count). The van der Waals surface area contributed by atoms with Gasteiger partial charge in [0.1, 0.15) is 11.6 Å². The molecule has 2 atom stereocenters. The van der Waals surface area contributed by atoms with Crippen molar-refractivity contribution in [1.82, 2.24) is 0 Å². The molecule has 92 valence electrons. The van der Waals surface area contributed by atoms with E-state index in [0.29, 0.717) is 11.5 Å². The van der Waals surface area contributed by atoms with E-state index in [2.05, 4.69) is 0 Å². The monoisotopic (exact) mass is 247 g/mol. The zero-order valence-electron chi connectivity index (χ0n) is 9.43. The third-order valence-corrected chi connectivity index (χ3v) is 3.37. The summed E-state index contributed by atoms with van der Waals surface area (Å²) >= 11 is 1.34. The number of Topliss-reactive ketones (excluding diaryl/α,β-unsaturated/α-hetero) is 2. The van der Waals surface area contributed by atoms with Gasteiger partial charge >= 0.3 is 5.97 Å². The van der Waals surface area contributed by atoms with E-state index in [1.54, 1.807) is 0 Å². The Balaban J connectivity index is 3.99. The lowest BCUT2D eigenvalue weighted by atomic mass is 10.0.